The second-order valence-electron chi connectivity index (χ2n) is 8.51. The highest BCUT2D eigenvalue weighted by molar-refractivity contribution is 5.95. The van der Waals surface area contributed by atoms with Crippen LogP contribution in [0.3, 0.4) is 0 Å². The molecule has 1 N–H and O–H groups in total. The number of benzene rings is 1. The number of aromatic amines is 1. The summed E-state index contributed by atoms with van der Waals surface area (Å²) in [5.74, 6) is 0.00980. The molecule has 4 heterocycles. The van der Waals surface area contributed by atoms with E-state index in [0.717, 1.165) is 47.2 Å². The van der Waals surface area contributed by atoms with Crippen molar-refractivity contribution >= 4 is 16.9 Å². The van der Waals surface area contributed by atoms with Crippen molar-refractivity contribution in [1.29, 1.82) is 0 Å². The van der Waals surface area contributed by atoms with Gasteiger partial charge in [-0.1, -0.05) is 12.1 Å². The van der Waals surface area contributed by atoms with Crippen molar-refractivity contribution in [3.8, 4) is 22.3 Å². The van der Waals surface area contributed by atoms with Crippen LogP contribution in [0.5, 0.6) is 0 Å². The second kappa shape index (κ2) is 7.67. The molecule has 1 amide bonds. The van der Waals surface area contributed by atoms with Crippen LogP contribution in [0.1, 0.15) is 11.1 Å². The normalized spacial score (nSPS) is 14.0. The van der Waals surface area contributed by atoms with Crippen molar-refractivity contribution in [3.63, 3.8) is 0 Å². The summed E-state index contributed by atoms with van der Waals surface area (Å²) in [4.78, 5) is 23.8. The summed E-state index contributed by atoms with van der Waals surface area (Å²) in [6.07, 6.45) is 8.69. The molecule has 0 radical (unpaired) electrons. The number of carbonyl (C=O) groups is 1. The standard InChI is InChI=1S/C24H26N6O/c1-28(2)23(31)15-30-14-20(11-27-30)22-12-26-24-21(22)9-18(10-25-24)17-5-4-16-6-7-29(3)13-19(16)8-17/h4-5,8-12,14H,6-7,13,15H2,1-3H3,(H,25,26). The predicted octanol–water partition coefficient (Wildman–Crippen LogP) is 3.17. The van der Waals surface area contributed by atoms with Gasteiger partial charge >= 0.3 is 0 Å². The number of H-pyrrole nitrogens is 1. The van der Waals surface area contributed by atoms with Crippen LogP contribution in [0.25, 0.3) is 33.3 Å². The number of pyridine rings is 1. The molecule has 0 aliphatic carbocycles. The fraction of sp³-hybridized carbons (Fsp3) is 0.292. The van der Waals surface area contributed by atoms with Crippen molar-refractivity contribution < 1.29 is 4.79 Å². The fourth-order valence-electron chi connectivity index (χ4n) is 4.15. The molecule has 0 fully saturated rings. The third-order valence-electron chi connectivity index (χ3n) is 6.01. The van der Waals surface area contributed by atoms with Crippen LogP contribution in [0.15, 0.2) is 49.1 Å². The van der Waals surface area contributed by atoms with Crippen LogP contribution < -0.4 is 0 Å². The molecule has 7 heteroatoms. The molecule has 7 nitrogen and oxygen atoms in total. The molecule has 0 unspecified atom stereocenters. The maximum absolute atomic E-state index is 12.0. The Kier molecular flexibility index (Phi) is 4.82. The summed E-state index contributed by atoms with van der Waals surface area (Å²) < 4.78 is 1.67. The zero-order valence-corrected chi connectivity index (χ0v) is 18.1. The summed E-state index contributed by atoms with van der Waals surface area (Å²) in [6, 6.07) is 8.94. The quantitative estimate of drug-likeness (QED) is 0.557. The Morgan fingerprint density at radius 1 is 1.13 bits per heavy atom. The van der Waals surface area contributed by atoms with Crippen LogP contribution in [0.4, 0.5) is 0 Å². The zero-order chi connectivity index (χ0) is 21.5. The highest BCUT2D eigenvalue weighted by atomic mass is 16.2. The first-order valence-electron chi connectivity index (χ1n) is 10.5. The summed E-state index contributed by atoms with van der Waals surface area (Å²) in [5.41, 5.74) is 7.95. The number of fused-ring (bicyclic) bond motifs is 2. The van der Waals surface area contributed by atoms with Crippen LogP contribution in [-0.2, 0) is 24.3 Å². The van der Waals surface area contributed by atoms with Crippen LogP contribution in [0.2, 0.25) is 0 Å². The Labute approximate surface area is 181 Å². The van der Waals surface area contributed by atoms with E-state index >= 15 is 0 Å². The van der Waals surface area contributed by atoms with E-state index in [2.05, 4.69) is 51.3 Å². The lowest BCUT2D eigenvalue weighted by atomic mass is 9.95. The second-order valence-corrected chi connectivity index (χ2v) is 8.51. The van der Waals surface area contributed by atoms with E-state index in [1.807, 2.05) is 18.6 Å². The van der Waals surface area contributed by atoms with Gasteiger partial charge in [0.1, 0.15) is 12.2 Å². The van der Waals surface area contributed by atoms with Gasteiger partial charge in [0.2, 0.25) is 5.91 Å². The summed E-state index contributed by atoms with van der Waals surface area (Å²) >= 11 is 0. The van der Waals surface area contributed by atoms with E-state index in [1.165, 1.54) is 16.7 Å². The molecule has 1 aromatic carbocycles. The highest BCUT2D eigenvalue weighted by Gasteiger charge is 2.16. The Balaban J connectivity index is 1.49. The average molecular weight is 415 g/mol. The first-order valence-corrected chi connectivity index (χ1v) is 10.5. The van der Waals surface area contributed by atoms with Crippen LogP contribution in [-0.4, -0.2) is 63.1 Å². The minimum Gasteiger partial charge on any atom is -0.347 e. The monoisotopic (exact) mass is 414 g/mol. The molecule has 0 saturated heterocycles. The summed E-state index contributed by atoms with van der Waals surface area (Å²) in [5, 5.41) is 5.41. The smallest absolute Gasteiger partial charge is 0.243 e. The number of hydrogen-bond donors (Lipinski definition) is 1. The predicted molar refractivity (Wildman–Crippen MR) is 121 cm³/mol. The van der Waals surface area contributed by atoms with Crippen LogP contribution >= 0.6 is 0 Å². The first kappa shape index (κ1) is 19.5. The lowest BCUT2D eigenvalue weighted by Crippen LogP contribution is -2.26. The molecule has 1 aliphatic rings. The number of rotatable bonds is 4. The minimum atomic E-state index is 0.00980. The number of aromatic nitrogens is 4. The van der Waals surface area contributed by atoms with Gasteiger partial charge in [0, 0.05) is 67.9 Å². The Hall–Kier alpha value is -3.45. The Morgan fingerprint density at radius 3 is 2.84 bits per heavy atom. The molecule has 0 saturated carbocycles. The molecule has 31 heavy (non-hydrogen) atoms. The third kappa shape index (κ3) is 3.72. The molecular formula is C24H26N6O. The Morgan fingerprint density at radius 2 is 2.00 bits per heavy atom. The van der Waals surface area contributed by atoms with Gasteiger partial charge in [-0.3, -0.25) is 9.48 Å². The first-order chi connectivity index (χ1) is 15.0. The Bertz CT molecular complexity index is 1270. The van der Waals surface area contributed by atoms with Crippen LogP contribution in [0, 0.1) is 0 Å². The van der Waals surface area contributed by atoms with Crippen molar-refractivity contribution in [2.75, 3.05) is 27.7 Å². The van der Waals surface area contributed by atoms with E-state index in [9.17, 15) is 4.79 Å². The molecule has 1 aliphatic heterocycles. The van der Waals surface area contributed by atoms with Crippen molar-refractivity contribution in [2.45, 2.75) is 19.5 Å². The maximum atomic E-state index is 12.0. The van der Waals surface area contributed by atoms with Crippen molar-refractivity contribution in [2.24, 2.45) is 0 Å². The third-order valence-corrected chi connectivity index (χ3v) is 6.01. The van der Waals surface area contributed by atoms with E-state index in [1.54, 1.807) is 29.9 Å². The van der Waals surface area contributed by atoms with Gasteiger partial charge in [0.15, 0.2) is 0 Å². The molecule has 0 atom stereocenters. The van der Waals surface area contributed by atoms with Crippen molar-refractivity contribution in [3.05, 3.63) is 60.2 Å². The summed E-state index contributed by atoms with van der Waals surface area (Å²) in [6.45, 7) is 2.32. The van der Waals surface area contributed by atoms with Gasteiger partial charge < -0.3 is 14.8 Å². The minimum absolute atomic E-state index is 0.00980. The van der Waals surface area contributed by atoms with Crippen molar-refractivity contribution in [1.82, 2.24) is 29.5 Å². The molecule has 0 spiro atoms. The van der Waals surface area contributed by atoms with Gasteiger partial charge in [0.05, 0.1) is 6.20 Å². The number of nitrogens with one attached hydrogen (secondary N) is 1. The number of hydrogen-bond acceptors (Lipinski definition) is 4. The number of carbonyl (C=O) groups excluding carboxylic acids is 1. The van der Waals surface area contributed by atoms with Gasteiger partial charge in [-0.25, -0.2) is 4.98 Å². The topological polar surface area (TPSA) is 70.0 Å². The average Bonchev–Trinajstić information content (AvgIpc) is 3.39. The van der Waals surface area contributed by atoms with Gasteiger partial charge in [-0.05, 0) is 42.3 Å². The van der Waals surface area contributed by atoms with E-state index < -0.39 is 0 Å². The number of likely N-dealkylation sites (N-methyl/N-ethyl adjacent to an activating group) is 2. The lowest BCUT2D eigenvalue weighted by molar-refractivity contribution is -0.129. The molecule has 0 bridgehead atoms. The number of amides is 1. The van der Waals surface area contributed by atoms with Gasteiger partial charge in [-0.2, -0.15) is 5.10 Å². The maximum Gasteiger partial charge on any atom is 0.243 e. The largest absolute Gasteiger partial charge is 0.347 e. The van der Waals surface area contributed by atoms with Gasteiger partial charge in [-0.15, -0.1) is 0 Å². The lowest BCUT2D eigenvalue weighted by Gasteiger charge is -2.25. The van der Waals surface area contributed by atoms with Gasteiger partial charge in [0.25, 0.3) is 0 Å². The molecular weight excluding hydrogens is 388 g/mol. The highest BCUT2D eigenvalue weighted by Crippen LogP contribution is 2.32. The van der Waals surface area contributed by atoms with E-state index in [-0.39, 0.29) is 12.5 Å². The SMILES string of the molecule is CN1CCc2ccc(-c3cnc4[nH]cc(-c5cnn(CC(=O)N(C)C)c5)c4c3)cc2C1. The zero-order valence-electron chi connectivity index (χ0n) is 18.1. The number of nitrogens with zero attached hydrogens (tertiary/aromatic N) is 5. The molecule has 4 aromatic rings. The van der Waals surface area contributed by atoms with E-state index in [4.69, 9.17) is 0 Å². The molecule has 5 rings (SSSR count). The fourth-order valence-corrected chi connectivity index (χ4v) is 4.15. The molecule has 158 valence electrons. The summed E-state index contributed by atoms with van der Waals surface area (Å²) in [7, 11) is 5.66. The van der Waals surface area contributed by atoms with E-state index in [0.29, 0.717) is 0 Å². The molecule has 3 aromatic heterocycles.